The van der Waals surface area contributed by atoms with Gasteiger partial charge in [0, 0.05) is 30.7 Å². The van der Waals surface area contributed by atoms with E-state index in [1.54, 1.807) is 0 Å². The lowest BCUT2D eigenvalue weighted by Crippen LogP contribution is -2.36. The van der Waals surface area contributed by atoms with E-state index in [1.807, 2.05) is 54.6 Å². The maximum absolute atomic E-state index is 12.9. The lowest BCUT2D eigenvalue weighted by Gasteiger charge is -2.29. The number of amides is 1. The summed E-state index contributed by atoms with van der Waals surface area (Å²) < 4.78 is 1.86. The van der Waals surface area contributed by atoms with Gasteiger partial charge in [-0.3, -0.25) is 4.79 Å². The molecule has 2 aromatic heterocycles. The standard InChI is InChI=1S/C21H24N6OS2/c1-13-11-14(2)23-19(22-13)18(29)20-24-25-21(26(20)3)30-12-17(28)27-10-6-8-15-7-4-5-9-16(15)27/h4-5,7,9,11,18,29H,6,8,10,12H2,1-3H3. The smallest absolute Gasteiger partial charge is 0.237 e. The number of hydrogen-bond acceptors (Lipinski definition) is 7. The highest BCUT2D eigenvalue weighted by atomic mass is 32.2. The van der Waals surface area contributed by atoms with Crippen molar-refractivity contribution in [3.05, 3.63) is 58.9 Å². The molecule has 4 rings (SSSR count). The molecule has 0 radical (unpaired) electrons. The second kappa shape index (κ2) is 8.77. The largest absolute Gasteiger partial charge is 0.311 e. The van der Waals surface area contributed by atoms with Crippen LogP contribution in [0.3, 0.4) is 0 Å². The zero-order valence-electron chi connectivity index (χ0n) is 17.2. The normalized spacial score (nSPS) is 14.5. The summed E-state index contributed by atoms with van der Waals surface area (Å²) in [5.74, 6) is 1.64. The zero-order valence-corrected chi connectivity index (χ0v) is 19.0. The Morgan fingerprint density at radius 3 is 2.70 bits per heavy atom. The minimum Gasteiger partial charge on any atom is -0.311 e. The molecule has 30 heavy (non-hydrogen) atoms. The monoisotopic (exact) mass is 440 g/mol. The van der Waals surface area contributed by atoms with E-state index in [4.69, 9.17) is 0 Å². The third-order valence-electron chi connectivity index (χ3n) is 5.09. The number of fused-ring (bicyclic) bond motifs is 1. The summed E-state index contributed by atoms with van der Waals surface area (Å²) in [5.41, 5.74) is 4.03. The van der Waals surface area contributed by atoms with E-state index in [0.29, 0.717) is 22.6 Å². The van der Waals surface area contributed by atoms with Gasteiger partial charge >= 0.3 is 0 Å². The van der Waals surface area contributed by atoms with Crippen LogP contribution in [-0.4, -0.2) is 42.9 Å². The maximum atomic E-state index is 12.9. The van der Waals surface area contributed by atoms with Crippen molar-refractivity contribution in [3.63, 3.8) is 0 Å². The van der Waals surface area contributed by atoms with Crippen LogP contribution in [0, 0.1) is 13.8 Å². The molecule has 3 aromatic rings. The first kappa shape index (κ1) is 20.9. The van der Waals surface area contributed by atoms with E-state index in [1.165, 1.54) is 17.3 Å². The molecule has 9 heteroatoms. The molecule has 0 spiro atoms. The minimum absolute atomic E-state index is 0.0803. The molecular weight excluding hydrogens is 416 g/mol. The van der Waals surface area contributed by atoms with Crippen LogP contribution in [0.5, 0.6) is 0 Å². The predicted molar refractivity (Wildman–Crippen MR) is 121 cm³/mol. The van der Waals surface area contributed by atoms with Crippen LogP contribution in [0.15, 0.2) is 35.5 Å². The van der Waals surface area contributed by atoms with Crippen LogP contribution in [0.1, 0.15) is 40.3 Å². The number of aromatic nitrogens is 5. The van der Waals surface area contributed by atoms with Crippen LogP contribution < -0.4 is 4.90 Å². The number of nitrogens with zero attached hydrogens (tertiary/aromatic N) is 6. The predicted octanol–water partition coefficient (Wildman–Crippen LogP) is 3.31. The van der Waals surface area contributed by atoms with Crippen LogP contribution in [-0.2, 0) is 18.3 Å². The lowest BCUT2D eigenvalue weighted by molar-refractivity contribution is -0.116. The number of hydrogen-bond donors (Lipinski definition) is 1. The Balaban J connectivity index is 1.47. The van der Waals surface area contributed by atoms with Gasteiger partial charge in [-0.15, -0.1) is 10.2 Å². The van der Waals surface area contributed by atoms with E-state index >= 15 is 0 Å². The van der Waals surface area contributed by atoms with Crippen molar-refractivity contribution in [3.8, 4) is 0 Å². The van der Waals surface area contributed by atoms with Gasteiger partial charge in [0.25, 0.3) is 0 Å². The van der Waals surface area contributed by atoms with Gasteiger partial charge in [-0.1, -0.05) is 30.0 Å². The van der Waals surface area contributed by atoms with Crippen molar-refractivity contribution in [1.29, 1.82) is 0 Å². The Hall–Kier alpha value is -2.39. The maximum Gasteiger partial charge on any atom is 0.237 e. The average Bonchev–Trinajstić information content (AvgIpc) is 3.10. The molecule has 3 heterocycles. The summed E-state index contributed by atoms with van der Waals surface area (Å²) in [6.45, 7) is 4.62. The topological polar surface area (TPSA) is 76.8 Å². The van der Waals surface area contributed by atoms with Gasteiger partial charge in [0.15, 0.2) is 11.0 Å². The molecule has 1 unspecified atom stereocenters. The molecule has 1 aliphatic rings. The summed E-state index contributed by atoms with van der Waals surface area (Å²) in [6.07, 6.45) is 2.00. The van der Waals surface area contributed by atoms with E-state index in [0.717, 1.165) is 36.5 Å². The molecule has 0 saturated heterocycles. The van der Waals surface area contributed by atoms with E-state index < -0.39 is 0 Å². The molecule has 0 aliphatic carbocycles. The zero-order chi connectivity index (χ0) is 21.3. The molecule has 1 aromatic carbocycles. The number of thioether (sulfide) groups is 1. The molecule has 1 aliphatic heterocycles. The average molecular weight is 441 g/mol. The van der Waals surface area contributed by atoms with Gasteiger partial charge in [0.1, 0.15) is 11.1 Å². The quantitative estimate of drug-likeness (QED) is 0.485. The van der Waals surface area contributed by atoms with Crippen molar-refractivity contribution in [2.45, 2.75) is 37.1 Å². The van der Waals surface area contributed by atoms with Gasteiger partial charge in [-0.25, -0.2) is 9.97 Å². The molecule has 0 N–H and O–H groups in total. The van der Waals surface area contributed by atoms with Crippen molar-refractivity contribution in [2.75, 3.05) is 17.2 Å². The molecule has 0 fully saturated rings. The number of para-hydroxylation sites is 1. The van der Waals surface area contributed by atoms with E-state index in [2.05, 4.69) is 38.9 Å². The number of aryl methyl sites for hydroxylation is 3. The Kier molecular flexibility index (Phi) is 6.10. The SMILES string of the molecule is Cc1cc(C)nc(C(S)c2nnc(SCC(=O)N3CCCc4ccccc43)n2C)n1. The Morgan fingerprint density at radius 2 is 1.93 bits per heavy atom. The van der Waals surface area contributed by atoms with Crippen molar-refractivity contribution < 1.29 is 4.79 Å². The van der Waals surface area contributed by atoms with Crippen molar-refractivity contribution in [2.24, 2.45) is 7.05 Å². The third-order valence-corrected chi connectivity index (χ3v) is 6.56. The lowest BCUT2D eigenvalue weighted by atomic mass is 10.0. The second-order valence-corrected chi connectivity index (χ2v) is 8.84. The summed E-state index contributed by atoms with van der Waals surface area (Å²) in [7, 11) is 1.88. The highest BCUT2D eigenvalue weighted by molar-refractivity contribution is 7.99. The molecule has 7 nitrogen and oxygen atoms in total. The summed E-state index contributed by atoms with van der Waals surface area (Å²) in [4.78, 5) is 23.7. The number of carbonyl (C=O) groups is 1. The summed E-state index contributed by atoms with van der Waals surface area (Å²) in [6, 6.07) is 10.0. The van der Waals surface area contributed by atoms with Gasteiger partial charge in [0.2, 0.25) is 5.91 Å². The van der Waals surface area contributed by atoms with Crippen LogP contribution in [0.25, 0.3) is 0 Å². The molecular formula is C21H24N6OS2. The molecule has 0 bridgehead atoms. The number of benzene rings is 1. The van der Waals surface area contributed by atoms with E-state index in [9.17, 15) is 4.79 Å². The van der Waals surface area contributed by atoms with E-state index in [-0.39, 0.29) is 11.2 Å². The Labute approximate surface area is 185 Å². The molecule has 1 amide bonds. The Morgan fingerprint density at radius 1 is 1.20 bits per heavy atom. The number of anilines is 1. The highest BCUT2D eigenvalue weighted by Gasteiger charge is 2.24. The number of carbonyl (C=O) groups excluding carboxylic acids is 1. The van der Waals surface area contributed by atoms with Crippen molar-refractivity contribution >= 4 is 36.0 Å². The fraction of sp³-hybridized carbons (Fsp3) is 0.381. The van der Waals surface area contributed by atoms with Crippen molar-refractivity contribution in [1.82, 2.24) is 24.7 Å². The van der Waals surface area contributed by atoms with Gasteiger partial charge in [0.05, 0.1) is 5.75 Å². The number of thiol groups is 1. The summed E-state index contributed by atoms with van der Waals surface area (Å²) in [5, 5.41) is 8.84. The third kappa shape index (κ3) is 4.22. The van der Waals surface area contributed by atoms with Gasteiger partial charge in [-0.2, -0.15) is 12.6 Å². The fourth-order valence-electron chi connectivity index (χ4n) is 3.68. The van der Waals surface area contributed by atoms with Crippen LogP contribution in [0.4, 0.5) is 5.69 Å². The highest BCUT2D eigenvalue weighted by Crippen LogP contribution is 2.29. The van der Waals surface area contributed by atoms with Crippen LogP contribution in [0.2, 0.25) is 0 Å². The first-order chi connectivity index (χ1) is 14.4. The summed E-state index contributed by atoms with van der Waals surface area (Å²) >= 11 is 6.06. The molecule has 1 atom stereocenters. The second-order valence-electron chi connectivity index (χ2n) is 7.38. The first-order valence-electron chi connectivity index (χ1n) is 9.84. The van der Waals surface area contributed by atoms with Crippen LogP contribution >= 0.6 is 24.4 Å². The Bertz CT molecular complexity index is 1060. The van der Waals surface area contributed by atoms with Gasteiger partial charge < -0.3 is 9.47 Å². The van der Waals surface area contributed by atoms with Gasteiger partial charge in [-0.05, 0) is 44.4 Å². The minimum atomic E-state index is -0.389. The number of rotatable bonds is 5. The molecule has 156 valence electrons. The fourth-order valence-corrected chi connectivity index (χ4v) is 4.81. The first-order valence-corrected chi connectivity index (χ1v) is 11.3. The molecule has 0 saturated carbocycles.